The fourth-order valence-corrected chi connectivity index (χ4v) is 2.10. The van der Waals surface area contributed by atoms with Crippen molar-refractivity contribution in [2.45, 2.75) is 12.8 Å². The molecule has 5 nitrogen and oxygen atoms in total. The summed E-state index contributed by atoms with van der Waals surface area (Å²) in [5.41, 5.74) is 7.29. The number of aromatic nitrogens is 2. The molecule has 2 heterocycles. The summed E-state index contributed by atoms with van der Waals surface area (Å²) >= 11 is 0. The summed E-state index contributed by atoms with van der Waals surface area (Å²) < 4.78 is 1.70. The Morgan fingerprint density at radius 3 is 3.06 bits per heavy atom. The zero-order valence-corrected chi connectivity index (χ0v) is 10.1. The lowest BCUT2D eigenvalue weighted by Gasteiger charge is -2.12. The third-order valence-corrected chi connectivity index (χ3v) is 3.69. The first-order valence-electron chi connectivity index (χ1n) is 6.15. The van der Waals surface area contributed by atoms with Crippen molar-refractivity contribution >= 4 is 11.4 Å². The highest BCUT2D eigenvalue weighted by atomic mass is 16.1. The molecule has 0 spiro atoms. The van der Waals surface area contributed by atoms with Crippen LogP contribution in [0.4, 0.5) is 0 Å². The minimum absolute atomic E-state index is 0.0732. The van der Waals surface area contributed by atoms with Gasteiger partial charge in [-0.05, 0) is 31.5 Å². The number of hydrogen-bond donors (Lipinski definition) is 2. The molecule has 5 heteroatoms. The lowest BCUT2D eigenvalue weighted by atomic mass is 10.1. The first kappa shape index (κ1) is 11.2. The fourth-order valence-electron chi connectivity index (χ4n) is 2.10. The van der Waals surface area contributed by atoms with Crippen LogP contribution in [0.25, 0.3) is 5.52 Å². The Morgan fingerprint density at radius 1 is 1.50 bits per heavy atom. The molecule has 1 saturated carbocycles. The summed E-state index contributed by atoms with van der Waals surface area (Å²) in [4.78, 5) is 12.1. The van der Waals surface area contributed by atoms with Crippen molar-refractivity contribution in [1.82, 2.24) is 14.9 Å². The maximum absolute atomic E-state index is 12.1. The smallest absolute Gasteiger partial charge is 0.255 e. The van der Waals surface area contributed by atoms with Gasteiger partial charge in [0.25, 0.3) is 5.91 Å². The molecule has 3 N–H and O–H groups in total. The van der Waals surface area contributed by atoms with E-state index in [0.29, 0.717) is 18.7 Å². The zero-order valence-electron chi connectivity index (χ0n) is 10.1. The van der Waals surface area contributed by atoms with Gasteiger partial charge in [0, 0.05) is 18.2 Å². The van der Waals surface area contributed by atoms with Crippen molar-refractivity contribution in [3.63, 3.8) is 0 Å². The van der Waals surface area contributed by atoms with E-state index in [9.17, 15) is 4.79 Å². The van der Waals surface area contributed by atoms with Crippen LogP contribution in [0.2, 0.25) is 0 Å². The molecular formula is C13H16N4O. The fraction of sp³-hybridized carbons (Fsp3) is 0.385. The minimum Gasteiger partial charge on any atom is -0.351 e. The summed E-state index contributed by atoms with van der Waals surface area (Å²) in [7, 11) is 0. The van der Waals surface area contributed by atoms with Gasteiger partial charge in [0.2, 0.25) is 0 Å². The maximum atomic E-state index is 12.1. The molecule has 1 aliphatic rings. The van der Waals surface area contributed by atoms with E-state index in [2.05, 4.69) is 10.4 Å². The highest BCUT2D eigenvalue weighted by molar-refractivity contribution is 6.00. The molecule has 0 radical (unpaired) electrons. The quantitative estimate of drug-likeness (QED) is 0.835. The molecule has 94 valence electrons. The number of carbonyl (C=O) groups is 1. The number of pyridine rings is 1. The van der Waals surface area contributed by atoms with Gasteiger partial charge >= 0.3 is 0 Å². The Balaban J connectivity index is 1.76. The Morgan fingerprint density at radius 2 is 2.33 bits per heavy atom. The Kier molecular flexibility index (Phi) is 2.56. The predicted octanol–water partition coefficient (Wildman–Crippen LogP) is 0.803. The number of carbonyl (C=O) groups excluding carboxylic acids is 1. The van der Waals surface area contributed by atoms with E-state index in [4.69, 9.17) is 5.73 Å². The second-order valence-corrected chi connectivity index (χ2v) is 4.98. The Bertz CT molecular complexity index is 585. The van der Waals surface area contributed by atoms with Gasteiger partial charge in [-0.2, -0.15) is 5.10 Å². The lowest BCUT2D eigenvalue weighted by molar-refractivity contribution is 0.0947. The largest absolute Gasteiger partial charge is 0.351 e. The zero-order chi connectivity index (χ0) is 12.6. The Labute approximate surface area is 105 Å². The second-order valence-electron chi connectivity index (χ2n) is 4.98. The predicted molar refractivity (Wildman–Crippen MR) is 68.2 cm³/mol. The summed E-state index contributed by atoms with van der Waals surface area (Å²) in [6.07, 6.45) is 5.65. The second kappa shape index (κ2) is 4.10. The number of nitrogens with two attached hydrogens (primary N) is 1. The summed E-state index contributed by atoms with van der Waals surface area (Å²) in [5.74, 6) is -0.0732. The van der Waals surface area contributed by atoms with E-state index < -0.39 is 0 Å². The molecule has 1 amide bonds. The third kappa shape index (κ3) is 1.86. The van der Waals surface area contributed by atoms with E-state index in [1.165, 1.54) is 0 Å². The molecule has 1 fully saturated rings. The molecule has 18 heavy (non-hydrogen) atoms. The third-order valence-electron chi connectivity index (χ3n) is 3.69. The molecule has 0 aromatic carbocycles. The number of fused-ring (bicyclic) bond motifs is 1. The van der Waals surface area contributed by atoms with Crippen molar-refractivity contribution in [3.8, 4) is 0 Å². The van der Waals surface area contributed by atoms with Crippen LogP contribution < -0.4 is 11.1 Å². The van der Waals surface area contributed by atoms with E-state index in [0.717, 1.165) is 18.4 Å². The van der Waals surface area contributed by atoms with Crippen molar-refractivity contribution in [2.24, 2.45) is 11.1 Å². The summed E-state index contributed by atoms with van der Waals surface area (Å²) in [5, 5.41) is 7.11. The van der Waals surface area contributed by atoms with Crippen molar-refractivity contribution in [1.29, 1.82) is 0 Å². The molecule has 2 aromatic rings. The van der Waals surface area contributed by atoms with Crippen LogP contribution in [-0.4, -0.2) is 28.6 Å². The van der Waals surface area contributed by atoms with Crippen LogP contribution in [-0.2, 0) is 0 Å². The monoisotopic (exact) mass is 244 g/mol. The van der Waals surface area contributed by atoms with Crippen LogP contribution in [0.15, 0.2) is 30.6 Å². The highest BCUT2D eigenvalue weighted by Crippen LogP contribution is 2.43. The number of nitrogens with zero attached hydrogens (tertiary/aromatic N) is 2. The lowest BCUT2D eigenvalue weighted by Crippen LogP contribution is -2.33. The number of hydrogen-bond acceptors (Lipinski definition) is 3. The van der Waals surface area contributed by atoms with Gasteiger partial charge in [-0.25, -0.2) is 4.52 Å². The van der Waals surface area contributed by atoms with Crippen molar-refractivity contribution in [3.05, 3.63) is 36.2 Å². The molecular weight excluding hydrogens is 228 g/mol. The average molecular weight is 244 g/mol. The standard InChI is InChI=1S/C13H16N4O/c14-8-13(4-5-13)9-15-12(18)10-7-16-17-6-2-1-3-11(10)17/h1-3,6-7H,4-5,8-9,14H2,(H,15,18). The van der Waals surface area contributed by atoms with E-state index in [1.54, 1.807) is 10.7 Å². The summed E-state index contributed by atoms with van der Waals surface area (Å²) in [6, 6.07) is 5.67. The van der Waals surface area contributed by atoms with Crippen LogP contribution in [0.1, 0.15) is 23.2 Å². The molecule has 2 aromatic heterocycles. The maximum Gasteiger partial charge on any atom is 0.255 e. The van der Waals surface area contributed by atoms with E-state index >= 15 is 0 Å². The first-order chi connectivity index (χ1) is 8.74. The number of amides is 1. The molecule has 0 bridgehead atoms. The average Bonchev–Trinajstić information content (AvgIpc) is 3.07. The SMILES string of the molecule is NCC1(CNC(=O)c2cnn3ccccc23)CC1. The van der Waals surface area contributed by atoms with Gasteiger partial charge in [0.05, 0.1) is 17.3 Å². The molecule has 0 aliphatic heterocycles. The summed E-state index contributed by atoms with van der Waals surface area (Å²) in [6.45, 7) is 1.30. The molecule has 0 atom stereocenters. The first-order valence-corrected chi connectivity index (χ1v) is 6.15. The topological polar surface area (TPSA) is 72.4 Å². The van der Waals surface area contributed by atoms with Gasteiger partial charge in [-0.1, -0.05) is 6.07 Å². The van der Waals surface area contributed by atoms with Crippen molar-refractivity contribution in [2.75, 3.05) is 13.1 Å². The molecule has 0 saturated heterocycles. The van der Waals surface area contributed by atoms with Crippen molar-refractivity contribution < 1.29 is 4.79 Å². The van der Waals surface area contributed by atoms with Crippen LogP contribution in [0, 0.1) is 5.41 Å². The van der Waals surface area contributed by atoms with Gasteiger partial charge < -0.3 is 11.1 Å². The number of rotatable bonds is 4. The van der Waals surface area contributed by atoms with Crippen LogP contribution >= 0.6 is 0 Å². The van der Waals surface area contributed by atoms with Gasteiger partial charge in [-0.3, -0.25) is 4.79 Å². The van der Waals surface area contributed by atoms with E-state index in [-0.39, 0.29) is 11.3 Å². The van der Waals surface area contributed by atoms with Gasteiger partial charge in [-0.15, -0.1) is 0 Å². The van der Waals surface area contributed by atoms with Gasteiger partial charge in [0.15, 0.2) is 0 Å². The van der Waals surface area contributed by atoms with Crippen LogP contribution in [0.3, 0.4) is 0 Å². The molecule has 3 rings (SSSR count). The van der Waals surface area contributed by atoms with E-state index in [1.807, 2.05) is 24.4 Å². The highest BCUT2D eigenvalue weighted by Gasteiger charge is 2.41. The normalized spacial score (nSPS) is 16.7. The number of nitrogens with one attached hydrogen (secondary N) is 1. The molecule has 1 aliphatic carbocycles. The van der Waals surface area contributed by atoms with Gasteiger partial charge in [0.1, 0.15) is 0 Å². The minimum atomic E-state index is -0.0732. The molecule has 0 unspecified atom stereocenters. The van der Waals surface area contributed by atoms with Crippen LogP contribution in [0.5, 0.6) is 0 Å². The Hall–Kier alpha value is -1.88.